The van der Waals surface area contributed by atoms with Crippen molar-refractivity contribution in [3.63, 3.8) is 0 Å². The van der Waals surface area contributed by atoms with Crippen LogP contribution in [-0.4, -0.2) is 30.8 Å². The van der Waals surface area contributed by atoms with Crippen molar-refractivity contribution in [3.05, 3.63) is 12.7 Å². The van der Waals surface area contributed by atoms with E-state index in [2.05, 4.69) is 24.1 Å². The molecular formula is C9H19NS. The molecule has 0 amide bonds. The van der Waals surface area contributed by atoms with Gasteiger partial charge in [-0.15, -0.1) is 6.58 Å². The van der Waals surface area contributed by atoms with Gasteiger partial charge in [0, 0.05) is 6.54 Å². The molecule has 0 atom stereocenters. The molecule has 1 saturated heterocycles. The Morgan fingerprint density at radius 3 is 2.27 bits per heavy atom. The Kier molecular flexibility index (Phi) is 8.19. The summed E-state index contributed by atoms with van der Waals surface area (Å²) in [6.45, 7) is 7.36. The maximum atomic E-state index is 3.71. The first kappa shape index (κ1) is 11.1. The van der Waals surface area contributed by atoms with Gasteiger partial charge in [-0.05, 0) is 32.2 Å². The summed E-state index contributed by atoms with van der Waals surface area (Å²) in [5.74, 6) is 0. The predicted octanol–water partition coefficient (Wildman–Crippen LogP) is 2.20. The minimum absolute atomic E-state index is 1.08. The van der Waals surface area contributed by atoms with Gasteiger partial charge in [0.25, 0.3) is 0 Å². The Labute approximate surface area is 75.9 Å². The number of hydrogen-bond donors (Lipinski definition) is 1. The number of likely N-dealkylation sites (tertiary alicyclic amines) is 1. The SMILES string of the molecule is C=CCN1CCCCC1.CS. The maximum Gasteiger partial charge on any atom is 0.0160 e. The van der Waals surface area contributed by atoms with E-state index in [1.54, 1.807) is 6.26 Å². The van der Waals surface area contributed by atoms with Gasteiger partial charge in [-0.1, -0.05) is 12.5 Å². The van der Waals surface area contributed by atoms with E-state index in [0.717, 1.165) is 6.54 Å². The van der Waals surface area contributed by atoms with Crippen LogP contribution < -0.4 is 0 Å². The summed E-state index contributed by atoms with van der Waals surface area (Å²) in [5, 5.41) is 0. The normalized spacial score (nSPS) is 18.4. The summed E-state index contributed by atoms with van der Waals surface area (Å²) in [6.07, 6.45) is 7.88. The molecule has 1 aliphatic heterocycles. The predicted molar refractivity (Wildman–Crippen MR) is 55.4 cm³/mol. The molecule has 1 nitrogen and oxygen atoms in total. The molecule has 0 radical (unpaired) electrons. The molecule has 0 aromatic carbocycles. The zero-order valence-electron chi connectivity index (χ0n) is 7.42. The molecular weight excluding hydrogens is 154 g/mol. The fourth-order valence-electron chi connectivity index (χ4n) is 1.32. The van der Waals surface area contributed by atoms with E-state index in [0.29, 0.717) is 0 Å². The fourth-order valence-corrected chi connectivity index (χ4v) is 1.32. The third-order valence-electron chi connectivity index (χ3n) is 1.84. The van der Waals surface area contributed by atoms with Crippen molar-refractivity contribution in [3.8, 4) is 0 Å². The van der Waals surface area contributed by atoms with Gasteiger partial charge in [-0.25, -0.2) is 0 Å². The van der Waals surface area contributed by atoms with Crippen LogP contribution in [-0.2, 0) is 0 Å². The highest BCUT2D eigenvalue weighted by Gasteiger charge is 2.06. The Bertz CT molecular complexity index is 87.6. The second-order valence-electron chi connectivity index (χ2n) is 2.65. The molecule has 66 valence electrons. The maximum absolute atomic E-state index is 3.71. The van der Waals surface area contributed by atoms with Crippen molar-refractivity contribution in [2.45, 2.75) is 19.3 Å². The zero-order chi connectivity index (χ0) is 8.53. The molecule has 0 aliphatic carbocycles. The van der Waals surface area contributed by atoms with Crippen LogP contribution in [0.25, 0.3) is 0 Å². The monoisotopic (exact) mass is 173 g/mol. The topological polar surface area (TPSA) is 3.24 Å². The number of thiol groups is 1. The van der Waals surface area contributed by atoms with E-state index in [1.165, 1.54) is 32.4 Å². The van der Waals surface area contributed by atoms with Crippen molar-refractivity contribution < 1.29 is 0 Å². The van der Waals surface area contributed by atoms with Gasteiger partial charge in [-0.3, -0.25) is 4.90 Å². The lowest BCUT2D eigenvalue weighted by Crippen LogP contribution is -2.29. The summed E-state index contributed by atoms with van der Waals surface area (Å²) >= 11 is 3.53. The largest absolute Gasteiger partial charge is 0.300 e. The van der Waals surface area contributed by atoms with E-state index in [9.17, 15) is 0 Å². The molecule has 0 bridgehead atoms. The van der Waals surface area contributed by atoms with Crippen molar-refractivity contribution in [1.82, 2.24) is 4.90 Å². The molecule has 1 rings (SSSR count). The number of nitrogens with zero attached hydrogens (tertiary/aromatic N) is 1. The van der Waals surface area contributed by atoms with E-state index >= 15 is 0 Å². The molecule has 0 aromatic rings. The van der Waals surface area contributed by atoms with Crippen LogP contribution in [0.4, 0.5) is 0 Å². The van der Waals surface area contributed by atoms with Crippen LogP contribution in [0.5, 0.6) is 0 Å². The highest BCUT2D eigenvalue weighted by Crippen LogP contribution is 2.07. The Balaban J connectivity index is 0.000000461. The van der Waals surface area contributed by atoms with Crippen LogP contribution >= 0.6 is 12.6 Å². The number of hydrogen-bond acceptors (Lipinski definition) is 2. The fraction of sp³-hybridized carbons (Fsp3) is 0.778. The average Bonchev–Trinajstić information content (AvgIpc) is 2.11. The molecule has 0 N–H and O–H groups in total. The van der Waals surface area contributed by atoms with E-state index in [1.807, 2.05) is 6.08 Å². The quantitative estimate of drug-likeness (QED) is 0.495. The molecule has 0 unspecified atom stereocenters. The molecule has 0 spiro atoms. The van der Waals surface area contributed by atoms with Gasteiger partial charge >= 0.3 is 0 Å². The molecule has 1 aliphatic rings. The highest BCUT2D eigenvalue weighted by atomic mass is 32.1. The first-order chi connectivity index (χ1) is 5.43. The Hall–Kier alpha value is 0.0500. The molecule has 2 heteroatoms. The Morgan fingerprint density at radius 1 is 1.27 bits per heavy atom. The number of piperidine rings is 1. The lowest BCUT2D eigenvalue weighted by atomic mass is 10.1. The van der Waals surface area contributed by atoms with Crippen molar-refractivity contribution >= 4 is 12.6 Å². The third-order valence-corrected chi connectivity index (χ3v) is 1.84. The van der Waals surface area contributed by atoms with Crippen LogP contribution in [0.15, 0.2) is 12.7 Å². The third kappa shape index (κ3) is 5.33. The highest BCUT2D eigenvalue weighted by molar-refractivity contribution is 7.79. The zero-order valence-corrected chi connectivity index (χ0v) is 8.32. The lowest BCUT2D eigenvalue weighted by Gasteiger charge is -2.24. The van der Waals surface area contributed by atoms with Gasteiger partial charge in [-0.2, -0.15) is 12.6 Å². The van der Waals surface area contributed by atoms with Crippen molar-refractivity contribution in [1.29, 1.82) is 0 Å². The van der Waals surface area contributed by atoms with Gasteiger partial charge in [0.2, 0.25) is 0 Å². The average molecular weight is 173 g/mol. The second kappa shape index (κ2) is 8.15. The summed E-state index contributed by atoms with van der Waals surface area (Å²) in [4.78, 5) is 2.45. The molecule has 0 aromatic heterocycles. The van der Waals surface area contributed by atoms with E-state index in [4.69, 9.17) is 0 Å². The van der Waals surface area contributed by atoms with Gasteiger partial charge in [0.05, 0.1) is 0 Å². The minimum atomic E-state index is 1.08. The molecule has 0 saturated carbocycles. The minimum Gasteiger partial charge on any atom is -0.300 e. The second-order valence-corrected chi connectivity index (χ2v) is 2.65. The van der Waals surface area contributed by atoms with E-state index in [-0.39, 0.29) is 0 Å². The summed E-state index contributed by atoms with van der Waals surface area (Å²) < 4.78 is 0. The van der Waals surface area contributed by atoms with Crippen LogP contribution in [0.1, 0.15) is 19.3 Å². The standard InChI is InChI=1S/C8H15N.CH4S/c1-2-6-9-7-4-3-5-8-9;1-2/h2H,1,3-8H2;2H,1H3. The lowest BCUT2D eigenvalue weighted by molar-refractivity contribution is 0.251. The Morgan fingerprint density at radius 2 is 1.82 bits per heavy atom. The van der Waals surface area contributed by atoms with Crippen LogP contribution in [0.3, 0.4) is 0 Å². The van der Waals surface area contributed by atoms with Crippen molar-refractivity contribution in [2.24, 2.45) is 0 Å². The summed E-state index contributed by atoms with van der Waals surface area (Å²) in [7, 11) is 0. The van der Waals surface area contributed by atoms with Crippen LogP contribution in [0, 0.1) is 0 Å². The summed E-state index contributed by atoms with van der Waals surface area (Å²) in [5.41, 5.74) is 0. The molecule has 1 heterocycles. The molecule has 11 heavy (non-hydrogen) atoms. The first-order valence-electron chi connectivity index (χ1n) is 4.21. The van der Waals surface area contributed by atoms with Gasteiger partial charge < -0.3 is 0 Å². The number of rotatable bonds is 2. The van der Waals surface area contributed by atoms with E-state index < -0.39 is 0 Å². The van der Waals surface area contributed by atoms with Gasteiger partial charge in [0.15, 0.2) is 0 Å². The smallest absolute Gasteiger partial charge is 0.0160 e. The molecule has 1 fully saturated rings. The summed E-state index contributed by atoms with van der Waals surface area (Å²) in [6, 6.07) is 0. The van der Waals surface area contributed by atoms with Crippen molar-refractivity contribution in [2.75, 3.05) is 25.9 Å². The van der Waals surface area contributed by atoms with Gasteiger partial charge in [0.1, 0.15) is 0 Å². The van der Waals surface area contributed by atoms with Crippen LogP contribution in [0.2, 0.25) is 0 Å². The first-order valence-corrected chi connectivity index (χ1v) is 5.11.